The Hall–Kier alpha value is -3.01. The number of anilines is 2. The number of benzene rings is 2. The van der Waals surface area contributed by atoms with E-state index in [2.05, 4.69) is 0 Å². The van der Waals surface area contributed by atoms with Crippen molar-refractivity contribution in [2.45, 2.75) is 6.92 Å². The minimum atomic E-state index is -0.201. The van der Waals surface area contributed by atoms with Gasteiger partial charge in [-0.1, -0.05) is 24.3 Å². The second-order valence-corrected chi connectivity index (χ2v) is 5.45. The Morgan fingerprint density at radius 1 is 1.04 bits per heavy atom. The SMILES string of the molecule is Cc1ccc(-c2ccc(C(=O)N(C)c3ccccc3)o2)c(N)c1. The Balaban J connectivity index is 1.88. The number of hydrogen-bond acceptors (Lipinski definition) is 3. The number of carbonyl (C=O) groups is 1. The quantitative estimate of drug-likeness (QED) is 0.741. The molecule has 3 rings (SSSR count). The summed E-state index contributed by atoms with van der Waals surface area (Å²) in [5, 5.41) is 0. The van der Waals surface area contributed by atoms with Gasteiger partial charge in [-0.05, 0) is 48.9 Å². The molecule has 0 aliphatic carbocycles. The maximum atomic E-state index is 12.5. The van der Waals surface area contributed by atoms with Gasteiger partial charge in [0.1, 0.15) is 5.76 Å². The summed E-state index contributed by atoms with van der Waals surface area (Å²) in [5.74, 6) is 0.673. The van der Waals surface area contributed by atoms with Crippen LogP contribution in [0.5, 0.6) is 0 Å². The van der Waals surface area contributed by atoms with Gasteiger partial charge in [-0.15, -0.1) is 0 Å². The van der Waals surface area contributed by atoms with Crippen LogP contribution < -0.4 is 10.6 Å². The first-order chi connectivity index (χ1) is 11.1. The summed E-state index contributed by atoms with van der Waals surface area (Å²) >= 11 is 0. The lowest BCUT2D eigenvalue weighted by atomic mass is 10.1. The number of carbonyl (C=O) groups excluding carboxylic acids is 1. The maximum absolute atomic E-state index is 12.5. The van der Waals surface area contributed by atoms with E-state index in [1.807, 2.05) is 55.5 Å². The highest BCUT2D eigenvalue weighted by atomic mass is 16.4. The molecule has 0 unspecified atom stereocenters. The van der Waals surface area contributed by atoms with Gasteiger partial charge in [0.05, 0.1) is 0 Å². The van der Waals surface area contributed by atoms with Gasteiger partial charge in [-0.25, -0.2) is 0 Å². The van der Waals surface area contributed by atoms with Crippen LogP contribution in [0.1, 0.15) is 16.1 Å². The second kappa shape index (κ2) is 6.01. The van der Waals surface area contributed by atoms with E-state index in [0.29, 0.717) is 11.4 Å². The summed E-state index contributed by atoms with van der Waals surface area (Å²) in [7, 11) is 1.72. The van der Waals surface area contributed by atoms with Crippen molar-refractivity contribution in [2.75, 3.05) is 17.7 Å². The van der Waals surface area contributed by atoms with Gasteiger partial charge in [-0.2, -0.15) is 0 Å². The second-order valence-electron chi connectivity index (χ2n) is 5.45. The Kier molecular flexibility index (Phi) is 3.89. The van der Waals surface area contributed by atoms with Crippen LogP contribution in [-0.4, -0.2) is 13.0 Å². The Labute approximate surface area is 135 Å². The average Bonchev–Trinajstić information content (AvgIpc) is 3.04. The van der Waals surface area contributed by atoms with E-state index < -0.39 is 0 Å². The van der Waals surface area contributed by atoms with E-state index in [1.165, 1.54) is 0 Å². The number of furan rings is 1. The van der Waals surface area contributed by atoms with Crippen molar-refractivity contribution in [3.05, 3.63) is 72.0 Å². The summed E-state index contributed by atoms with van der Waals surface area (Å²) in [5.41, 5.74) is 9.35. The van der Waals surface area contributed by atoms with Gasteiger partial charge in [0.2, 0.25) is 0 Å². The van der Waals surface area contributed by atoms with Gasteiger partial charge < -0.3 is 15.1 Å². The number of hydrogen-bond donors (Lipinski definition) is 1. The van der Waals surface area contributed by atoms with Gasteiger partial charge in [0.15, 0.2) is 5.76 Å². The van der Waals surface area contributed by atoms with Gasteiger partial charge in [-0.3, -0.25) is 4.79 Å². The van der Waals surface area contributed by atoms with E-state index in [4.69, 9.17) is 10.2 Å². The van der Waals surface area contributed by atoms with Crippen molar-refractivity contribution >= 4 is 17.3 Å². The first-order valence-corrected chi connectivity index (χ1v) is 7.35. The molecule has 4 nitrogen and oxygen atoms in total. The van der Waals surface area contributed by atoms with E-state index in [1.54, 1.807) is 24.1 Å². The highest BCUT2D eigenvalue weighted by Crippen LogP contribution is 2.29. The molecular formula is C19H18N2O2. The molecule has 1 amide bonds. The summed E-state index contributed by atoms with van der Waals surface area (Å²) in [6, 6.07) is 18.6. The summed E-state index contributed by atoms with van der Waals surface area (Å²) in [4.78, 5) is 14.1. The minimum absolute atomic E-state index is 0.201. The zero-order valence-electron chi connectivity index (χ0n) is 13.1. The summed E-state index contributed by atoms with van der Waals surface area (Å²) in [6.07, 6.45) is 0. The molecular weight excluding hydrogens is 288 g/mol. The highest BCUT2D eigenvalue weighted by Gasteiger charge is 2.18. The van der Waals surface area contributed by atoms with Gasteiger partial charge in [0.25, 0.3) is 5.91 Å². The van der Waals surface area contributed by atoms with Crippen LogP contribution in [-0.2, 0) is 0 Å². The van der Waals surface area contributed by atoms with Crippen molar-refractivity contribution < 1.29 is 9.21 Å². The zero-order chi connectivity index (χ0) is 16.4. The lowest BCUT2D eigenvalue weighted by Crippen LogP contribution is -2.25. The first-order valence-electron chi connectivity index (χ1n) is 7.35. The minimum Gasteiger partial charge on any atom is -0.451 e. The highest BCUT2D eigenvalue weighted by molar-refractivity contribution is 6.04. The molecule has 4 heteroatoms. The Morgan fingerprint density at radius 2 is 1.78 bits per heavy atom. The third-order valence-corrected chi connectivity index (χ3v) is 3.74. The van der Waals surface area contributed by atoms with E-state index in [-0.39, 0.29) is 11.7 Å². The van der Waals surface area contributed by atoms with Gasteiger partial charge in [0, 0.05) is 24.0 Å². The molecule has 0 saturated carbocycles. The molecule has 0 aliphatic heterocycles. The smallest absolute Gasteiger partial charge is 0.293 e. The van der Waals surface area contributed by atoms with Crippen LogP contribution in [0, 0.1) is 6.92 Å². The zero-order valence-corrected chi connectivity index (χ0v) is 13.1. The predicted octanol–water partition coefficient (Wildman–Crippen LogP) is 4.11. The predicted molar refractivity (Wildman–Crippen MR) is 92.5 cm³/mol. The molecule has 2 aromatic carbocycles. The first kappa shape index (κ1) is 14.9. The monoisotopic (exact) mass is 306 g/mol. The number of nitrogens with two attached hydrogens (primary N) is 1. The average molecular weight is 306 g/mol. The standard InChI is InChI=1S/C19H18N2O2/c1-13-8-9-15(16(20)12-13)17-10-11-18(23-17)19(22)21(2)14-6-4-3-5-7-14/h3-12H,20H2,1-2H3. The summed E-state index contributed by atoms with van der Waals surface area (Å²) < 4.78 is 5.72. The molecule has 2 N–H and O–H groups in total. The Morgan fingerprint density at radius 3 is 2.48 bits per heavy atom. The third kappa shape index (κ3) is 2.97. The molecule has 23 heavy (non-hydrogen) atoms. The van der Waals surface area contributed by atoms with Crippen molar-refractivity contribution in [1.82, 2.24) is 0 Å². The fourth-order valence-electron chi connectivity index (χ4n) is 2.44. The molecule has 0 fully saturated rings. The Bertz CT molecular complexity index is 838. The van der Waals surface area contributed by atoms with Crippen LogP contribution >= 0.6 is 0 Å². The van der Waals surface area contributed by atoms with Crippen molar-refractivity contribution in [3.63, 3.8) is 0 Å². The van der Waals surface area contributed by atoms with Crippen LogP contribution in [0.3, 0.4) is 0 Å². The largest absolute Gasteiger partial charge is 0.451 e. The molecule has 1 aromatic heterocycles. The van der Waals surface area contributed by atoms with Crippen LogP contribution in [0.4, 0.5) is 11.4 Å². The summed E-state index contributed by atoms with van der Waals surface area (Å²) in [6.45, 7) is 1.98. The molecule has 1 heterocycles. The molecule has 3 aromatic rings. The number of nitrogens with zero attached hydrogens (tertiary/aromatic N) is 1. The number of aryl methyl sites for hydroxylation is 1. The molecule has 0 radical (unpaired) electrons. The molecule has 0 spiro atoms. The van der Waals surface area contributed by atoms with E-state index >= 15 is 0 Å². The fourth-order valence-corrected chi connectivity index (χ4v) is 2.44. The van der Waals surface area contributed by atoms with Crippen molar-refractivity contribution in [2.24, 2.45) is 0 Å². The van der Waals surface area contributed by atoms with Crippen molar-refractivity contribution in [3.8, 4) is 11.3 Å². The lowest BCUT2D eigenvalue weighted by Gasteiger charge is -2.15. The number of rotatable bonds is 3. The topological polar surface area (TPSA) is 59.5 Å². The molecule has 0 aliphatic rings. The number of amides is 1. The normalized spacial score (nSPS) is 10.5. The number of para-hydroxylation sites is 1. The maximum Gasteiger partial charge on any atom is 0.293 e. The molecule has 0 atom stereocenters. The van der Waals surface area contributed by atoms with E-state index in [9.17, 15) is 4.79 Å². The molecule has 0 saturated heterocycles. The fraction of sp³-hybridized carbons (Fsp3) is 0.105. The van der Waals surface area contributed by atoms with Crippen LogP contribution in [0.15, 0.2) is 65.1 Å². The third-order valence-electron chi connectivity index (χ3n) is 3.74. The molecule has 0 bridgehead atoms. The van der Waals surface area contributed by atoms with Gasteiger partial charge >= 0.3 is 0 Å². The van der Waals surface area contributed by atoms with Crippen LogP contribution in [0.25, 0.3) is 11.3 Å². The number of nitrogen functional groups attached to an aromatic ring is 1. The van der Waals surface area contributed by atoms with E-state index in [0.717, 1.165) is 16.8 Å². The van der Waals surface area contributed by atoms with Crippen LogP contribution in [0.2, 0.25) is 0 Å². The lowest BCUT2D eigenvalue weighted by molar-refractivity contribution is 0.0967. The van der Waals surface area contributed by atoms with Crippen molar-refractivity contribution in [1.29, 1.82) is 0 Å². The molecule has 116 valence electrons.